The summed E-state index contributed by atoms with van der Waals surface area (Å²) in [6.45, 7) is 2.41. The molecule has 0 radical (unpaired) electrons. The Bertz CT molecular complexity index is 591. The fourth-order valence-corrected chi connectivity index (χ4v) is 2.60. The number of nitrogens with zero attached hydrogens (tertiary/aromatic N) is 1. The van der Waals surface area contributed by atoms with Gasteiger partial charge in [0.2, 0.25) is 0 Å². The van der Waals surface area contributed by atoms with Gasteiger partial charge in [0.05, 0.1) is 7.11 Å². The van der Waals surface area contributed by atoms with Crippen LogP contribution in [0.15, 0.2) is 36.4 Å². The normalized spacial score (nSPS) is 14.2. The van der Waals surface area contributed by atoms with Crippen LogP contribution in [0.3, 0.4) is 0 Å². The molecular weight excluding hydrogens is 254 g/mol. The summed E-state index contributed by atoms with van der Waals surface area (Å²) >= 11 is 0. The van der Waals surface area contributed by atoms with Crippen LogP contribution >= 0.6 is 0 Å². The lowest BCUT2D eigenvalue weighted by Crippen LogP contribution is -2.15. The van der Waals surface area contributed by atoms with Crippen molar-refractivity contribution in [2.75, 3.05) is 7.11 Å². The van der Waals surface area contributed by atoms with Gasteiger partial charge in [0.15, 0.2) is 11.5 Å². The lowest BCUT2D eigenvalue weighted by atomic mass is 10.1. The van der Waals surface area contributed by atoms with Gasteiger partial charge < -0.3 is 14.9 Å². The van der Waals surface area contributed by atoms with Gasteiger partial charge in [-0.2, -0.15) is 0 Å². The predicted octanol–water partition coefficient (Wildman–Crippen LogP) is 2.62. The molecule has 4 nitrogen and oxygen atoms in total. The Labute approximate surface area is 117 Å². The number of aromatic hydroxyl groups is 2. The molecule has 2 aromatic rings. The molecule has 0 spiro atoms. The van der Waals surface area contributed by atoms with Gasteiger partial charge in [0, 0.05) is 19.6 Å². The number of benzene rings is 2. The Morgan fingerprint density at radius 3 is 2.05 bits per heavy atom. The van der Waals surface area contributed by atoms with E-state index >= 15 is 0 Å². The second kappa shape index (κ2) is 5.06. The van der Waals surface area contributed by atoms with Gasteiger partial charge in [-0.1, -0.05) is 12.1 Å². The summed E-state index contributed by atoms with van der Waals surface area (Å²) in [5.74, 6) is 0.762. The number of methoxy groups -OCH3 is 1. The highest BCUT2D eigenvalue weighted by Crippen LogP contribution is 2.33. The zero-order valence-corrected chi connectivity index (χ0v) is 11.3. The van der Waals surface area contributed by atoms with Crippen LogP contribution in [0.2, 0.25) is 0 Å². The maximum Gasteiger partial charge on any atom is 0.157 e. The Kier molecular flexibility index (Phi) is 3.24. The quantitative estimate of drug-likeness (QED) is 0.843. The van der Waals surface area contributed by atoms with E-state index in [0.717, 1.165) is 36.5 Å². The number of ether oxygens (including phenoxy) is 1. The summed E-state index contributed by atoms with van der Waals surface area (Å²) in [5.41, 5.74) is 3.37. The average Bonchev–Trinajstić information content (AvgIpc) is 2.81. The Hall–Kier alpha value is -2.20. The third-order valence-corrected chi connectivity index (χ3v) is 3.65. The molecule has 104 valence electrons. The van der Waals surface area contributed by atoms with Crippen molar-refractivity contribution in [2.24, 2.45) is 0 Å². The van der Waals surface area contributed by atoms with Crippen LogP contribution in [0.4, 0.5) is 0 Å². The summed E-state index contributed by atoms with van der Waals surface area (Å²) in [4.78, 5) is 2.27. The van der Waals surface area contributed by atoms with Crippen molar-refractivity contribution in [3.63, 3.8) is 0 Å². The van der Waals surface area contributed by atoms with E-state index in [1.165, 1.54) is 5.56 Å². The largest absolute Gasteiger partial charge is 0.504 e. The van der Waals surface area contributed by atoms with Gasteiger partial charge in [0.1, 0.15) is 5.75 Å². The van der Waals surface area contributed by atoms with E-state index in [4.69, 9.17) is 4.74 Å². The molecule has 0 atom stereocenters. The monoisotopic (exact) mass is 271 g/mol. The second-order valence-electron chi connectivity index (χ2n) is 5.10. The van der Waals surface area contributed by atoms with Crippen molar-refractivity contribution in [3.05, 3.63) is 53.1 Å². The van der Waals surface area contributed by atoms with Gasteiger partial charge in [-0.3, -0.25) is 4.90 Å². The minimum Gasteiger partial charge on any atom is -0.504 e. The number of rotatable bonds is 3. The molecule has 0 bridgehead atoms. The van der Waals surface area contributed by atoms with Gasteiger partial charge >= 0.3 is 0 Å². The molecule has 4 heteroatoms. The lowest BCUT2D eigenvalue weighted by Gasteiger charge is -2.14. The molecule has 2 aromatic carbocycles. The molecule has 0 saturated carbocycles. The minimum atomic E-state index is -0.0463. The van der Waals surface area contributed by atoms with E-state index in [1.54, 1.807) is 19.2 Å². The van der Waals surface area contributed by atoms with E-state index in [2.05, 4.69) is 17.0 Å². The smallest absolute Gasteiger partial charge is 0.157 e. The van der Waals surface area contributed by atoms with Crippen LogP contribution in [0.1, 0.15) is 16.7 Å². The molecule has 0 aromatic heterocycles. The highest BCUT2D eigenvalue weighted by atomic mass is 16.5. The van der Waals surface area contributed by atoms with Crippen molar-refractivity contribution in [2.45, 2.75) is 19.6 Å². The molecule has 0 amide bonds. The lowest BCUT2D eigenvalue weighted by molar-refractivity contribution is 0.275. The molecule has 0 unspecified atom stereocenters. The number of hydrogen-bond acceptors (Lipinski definition) is 4. The first-order valence-electron chi connectivity index (χ1n) is 6.54. The maximum absolute atomic E-state index is 9.53. The van der Waals surface area contributed by atoms with Gasteiger partial charge in [-0.05, 0) is 41.0 Å². The number of phenols is 2. The van der Waals surface area contributed by atoms with Gasteiger partial charge in [0.25, 0.3) is 0 Å². The molecule has 0 fully saturated rings. The zero-order valence-electron chi connectivity index (χ0n) is 11.3. The van der Waals surface area contributed by atoms with E-state index in [9.17, 15) is 10.2 Å². The summed E-state index contributed by atoms with van der Waals surface area (Å²) in [7, 11) is 1.66. The van der Waals surface area contributed by atoms with Crippen LogP contribution in [0.25, 0.3) is 0 Å². The van der Waals surface area contributed by atoms with Crippen LogP contribution in [0.5, 0.6) is 17.2 Å². The van der Waals surface area contributed by atoms with Crippen LogP contribution in [-0.4, -0.2) is 22.2 Å². The highest BCUT2D eigenvalue weighted by Gasteiger charge is 2.20. The molecule has 0 saturated heterocycles. The predicted molar refractivity (Wildman–Crippen MR) is 75.7 cm³/mol. The Balaban J connectivity index is 1.72. The fraction of sp³-hybridized carbons (Fsp3) is 0.250. The first kappa shape index (κ1) is 12.8. The minimum absolute atomic E-state index is 0.0463. The third-order valence-electron chi connectivity index (χ3n) is 3.65. The Morgan fingerprint density at radius 2 is 1.55 bits per heavy atom. The van der Waals surface area contributed by atoms with Crippen molar-refractivity contribution >= 4 is 0 Å². The third kappa shape index (κ3) is 2.42. The van der Waals surface area contributed by atoms with Gasteiger partial charge in [-0.25, -0.2) is 0 Å². The highest BCUT2D eigenvalue weighted by molar-refractivity contribution is 5.47. The maximum atomic E-state index is 9.53. The fourth-order valence-electron chi connectivity index (χ4n) is 2.60. The Morgan fingerprint density at radius 1 is 1.00 bits per heavy atom. The molecule has 1 heterocycles. The standard InChI is InChI=1S/C16H17NO3/c1-20-14-4-2-11(3-5-14)8-17-9-12-6-15(18)16(19)7-13(12)10-17/h2-7,18-19H,8-10H2,1H3. The van der Waals surface area contributed by atoms with Crippen LogP contribution in [0, 0.1) is 0 Å². The molecule has 20 heavy (non-hydrogen) atoms. The van der Waals surface area contributed by atoms with E-state index in [1.807, 2.05) is 12.1 Å². The molecular formula is C16H17NO3. The van der Waals surface area contributed by atoms with Crippen LogP contribution in [-0.2, 0) is 19.6 Å². The first-order chi connectivity index (χ1) is 9.65. The van der Waals surface area contributed by atoms with Crippen molar-refractivity contribution in [1.82, 2.24) is 4.90 Å². The summed E-state index contributed by atoms with van der Waals surface area (Å²) < 4.78 is 5.15. The van der Waals surface area contributed by atoms with Crippen molar-refractivity contribution in [1.29, 1.82) is 0 Å². The SMILES string of the molecule is COc1ccc(CN2Cc3cc(O)c(O)cc3C2)cc1. The van der Waals surface area contributed by atoms with Gasteiger partial charge in [-0.15, -0.1) is 0 Å². The second-order valence-corrected chi connectivity index (χ2v) is 5.10. The molecule has 1 aliphatic heterocycles. The molecule has 2 N–H and O–H groups in total. The molecule has 0 aliphatic carbocycles. The first-order valence-corrected chi connectivity index (χ1v) is 6.54. The number of hydrogen-bond donors (Lipinski definition) is 2. The van der Waals surface area contributed by atoms with Crippen molar-refractivity contribution in [3.8, 4) is 17.2 Å². The van der Waals surface area contributed by atoms with E-state index < -0.39 is 0 Å². The van der Waals surface area contributed by atoms with Crippen molar-refractivity contribution < 1.29 is 14.9 Å². The summed E-state index contributed by atoms with van der Waals surface area (Å²) in [6, 6.07) is 11.3. The summed E-state index contributed by atoms with van der Waals surface area (Å²) in [6.07, 6.45) is 0. The van der Waals surface area contributed by atoms with Crippen LogP contribution < -0.4 is 4.74 Å². The topological polar surface area (TPSA) is 52.9 Å². The molecule has 3 rings (SSSR count). The zero-order chi connectivity index (χ0) is 14.1. The molecule has 1 aliphatic rings. The van der Waals surface area contributed by atoms with E-state index in [0.29, 0.717) is 0 Å². The average molecular weight is 271 g/mol. The number of phenolic OH excluding ortho intramolecular Hbond substituents is 2. The summed E-state index contributed by atoms with van der Waals surface area (Å²) in [5, 5.41) is 19.1. The van der Waals surface area contributed by atoms with E-state index in [-0.39, 0.29) is 11.5 Å². The number of fused-ring (bicyclic) bond motifs is 1.